The lowest BCUT2D eigenvalue weighted by Gasteiger charge is -2.10. The Morgan fingerprint density at radius 2 is 1.50 bits per heavy atom. The fourth-order valence-corrected chi connectivity index (χ4v) is 2.36. The molecule has 0 aliphatic rings. The van der Waals surface area contributed by atoms with Crippen molar-refractivity contribution in [2.75, 3.05) is 14.2 Å². The van der Waals surface area contributed by atoms with E-state index in [0.29, 0.717) is 22.4 Å². The SMILES string of the molecule is COc1ccc(-c2ccc3[nH]c(=O)[nH]c(=O)c3c2)cc1OC. The molecule has 0 saturated carbocycles. The van der Waals surface area contributed by atoms with Crippen molar-refractivity contribution >= 4 is 10.9 Å². The summed E-state index contributed by atoms with van der Waals surface area (Å²) in [6.45, 7) is 0. The van der Waals surface area contributed by atoms with Crippen molar-refractivity contribution in [1.29, 1.82) is 0 Å². The molecule has 0 fully saturated rings. The van der Waals surface area contributed by atoms with Crippen LogP contribution in [0.1, 0.15) is 0 Å². The van der Waals surface area contributed by atoms with E-state index in [4.69, 9.17) is 9.47 Å². The number of hydrogen-bond donors (Lipinski definition) is 2. The molecule has 0 aliphatic carbocycles. The minimum atomic E-state index is -0.517. The van der Waals surface area contributed by atoms with E-state index >= 15 is 0 Å². The summed E-state index contributed by atoms with van der Waals surface area (Å²) in [4.78, 5) is 28.0. The summed E-state index contributed by atoms with van der Waals surface area (Å²) in [5, 5.41) is 0.423. The summed E-state index contributed by atoms with van der Waals surface area (Å²) in [6.07, 6.45) is 0. The predicted octanol–water partition coefficient (Wildman–Crippen LogP) is 1.90. The fraction of sp³-hybridized carbons (Fsp3) is 0.125. The highest BCUT2D eigenvalue weighted by Crippen LogP contribution is 2.32. The molecule has 0 saturated heterocycles. The standard InChI is InChI=1S/C16H14N2O4/c1-21-13-6-4-10(8-14(13)22-2)9-3-5-12-11(7-9)15(19)18-16(20)17-12/h3-8H,1-2H3,(H2,17,18,19,20). The molecule has 0 unspecified atom stereocenters. The van der Waals surface area contributed by atoms with Crippen molar-refractivity contribution in [3.05, 3.63) is 57.2 Å². The second-order valence-electron chi connectivity index (χ2n) is 4.74. The molecule has 3 rings (SSSR count). The molecule has 6 heteroatoms. The average Bonchev–Trinajstić information content (AvgIpc) is 2.53. The van der Waals surface area contributed by atoms with Crippen molar-refractivity contribution in [2.45, 2.75) is 0 Å². The van der Waals surface area contributed by atoms with Gasteiger partial charge in [-0.2, -0.15) is 0 Å². The molecular formula is C16H14N2O4. The van der Waals surface area contributed by atoms with Gasteiger partial charge in [-0.15, -0.1) is 0 Å². The molecule has 1 heterocycles. The monoisotopic (exact) mass is 298 g/mol. The fourth-order valence-electron chi connectivity index (χ4n) is 2.36. The van der Waals surface area contributed by atoms with Gasteiger partial charge in [0.1, 0.15) is 0 Å². The Labute approximate surface area is 125 Å². The number of methoxy groups -OCH3 is 2. The molecule has 112 valence electrons. The summed E-state index contributed by atoms with van der Waals surface area (Å²) < 4.78 is 10.5. The van der Waals surface area contributed by atoms with Crippen molar-refractivity contribution in [2.24, 2.45) is 0 Å². The summed E-state index contributed by atoms with van der Waals surface area (Å²) in [5.74, 6) is 1.24. The van der Waals surface area contributed by atoms with Gasteiger partial charge in [0.05, 0.1) is 25.1 Å². The van der Waals surface area contributed by atoms with Crippen LogP contribution in [0.5, 0.6) is 11.5 Å². The second kappa shape index (κ2) is 5.40. The van der Waals surface area contributed by atoms with Crippen LogP contribution in [0, 0.1) is 0 Å². The van der Waals surface area contributed by atoms with Crippen LogP contribution in [0.2, 0.25) is 0 Å². The maximum Gasteiger partial charge on any atom is 0.326 e. The third kappa shape index (κ3) is 2.35. The number of ether oxygens (including phenoxy) is 2. The number of aromatic amines is 2. The molecule has 2 aromatic carbocycles. The van der Waals surface area contributed by atoms with Crippen molar-refractivity contribution < 1.29 is 9.47 Å². The largest absolute Gasteiger partial charge is 0.493 e. The molecule has 2 N–H and O–H groups in total. The highest BCUT2D eigenvalue weighted by atomic mass is 16.5. The van der Waals surface area contributed by atoms with Crippen LogP contribution in [-0.2, 0) is 0 Å². The predicted molar refractivity (Wildman–Crippen MR) is 83.7 cm³/mol. The number of fused-ring (bicyclic) bond motifs is 1. The van der Waals surface area contributed by atoms with E-state index in [2.05, 4.69) is 9.97 Å². The van der Waals surface area contributed by atoms with Gasteiger partial charge in [0.15, 0.2) is 11.5 Å². The van der Waals surface area contributed by atoms with Crippen molar-refractivity contribution in [3.8, 4) is 22.6 Å². The molecule has 3 aromatic rings. The van der Waals surface area contributed by atoms with Gasteiger partial charge < -0.3 is 14.5 Å². The number of benzene rings is 2. The van der Waals surface area contributed by atoms with Crippen molar-refractivity contribution in [1.82, 2.24) is 9.97 Å². The number of nitrogens with one attached hydrogen (secondary N) is 2. The van der Waals surface area contributed by atoms with Gasteiger partial charge in [-0.1, -0.05) is 12.1 Å². The normalized spacial score (nSPS) is 10.6. The van der Waals surface area contributed by atoms with E-state index in [-0.39, 0.29) is 0 Å². The molecule has 22 heavy (non-hydrogen) atoms. The van der Waals surface area contributed by atoms with Crippen LogP contribution >= 0.6 is 0 Å². The van der Waals surface area contributed by atoms with E-state index in [9.17, 15) is 9.59 Å². The average molecular weight is 298 g/mol. The molecule has 1 aromatic heterocycles. The highest BCUT2D eigenvalue weighted by molar-refractivity contribution is 5.84. The summed E-state index contributed by atoms with van der Waals surface area (Å²) in [5.41, 5.74) is 1.28. The molecule has 6 nitrogen and oxygen atoms in total. The Morgan fingerprint density at radius 1 is 0.818 bits per heavy atom. The maximum atomic E-state index is 11.9. The third-order valence-electron chi connectivity index (χ3n) is 3.46. The van der Waals surface area contributed by atoms with Gasteiger partial charge in [-0.05, 0) is 35.4 Å². The zero-order valence-electron chi connectivity index (χ0n) is 12.1. The van der Waals surface area contributed by atoms with Gasteiger partial charge in [0, 0.05) is 0 Å². The number of H-pyrrole nitrogens is 2. The first-order valence-corrected chi connectivity index (χ1v) is 6.61. The van der Waals surface area contributed by atoms with E-state index < -0.39 is 11.2 Å². The number of aromatic nitrogens is 2. The Morgan fingerprint density at radius 3 is 2.23 bits per heavy atom. The van der Waals surface area contributed by atoms with E-state index in [0.717, 1.165) is 11.1 Å². The summed E-state index contributed by atoms with van der Waals surface area (Å²) >= 11 is 0. The topological polar surface area (TPSA) is 84.2 Å². The molecular weight excluding hydrogens is 284 g/mol. The van der Waals surface area contributed by atoms with Gasteiger partial charge in [-0.25, -0.2) is 4.79 Å². The molecule has 0 spiro atoms. The first kappa shape index (κ1) is 13.9. The van der Waals surface area contributed by atoms with E-state index in [1.54, 1.807) is 32.4 Å². The highest BCUT2D eigenvalue weighted by Gasteiger charge is 2.08. The Hall–Kier alpha value is -3.02. The van der Waals surface area contributed by atoms with Gasteiger partial charge in [0.25, 0.3) is 5.56 Å². The first-order chi connectivity index (χ1) is 10.6. The Kier molecular flexibility index (Phi) is 3.42. The quantitative estimate of drug-likeness (QED) is 0.773. The summed E-state index contributed by atoms with van der Waals surface area (Å²) in [7, 11) is 3.14. The molecule has 0 radical (unpaired) electrons. The zero-order valence-corrected chi connectivity index (χ0v) is 12.1. The van der Waals surface area contributed by atoms with Crippen LogP contribution in [-0.4, -0.2) is 24.2 Å². The number of hydrogen-bond acceptors (Lipinski definition) is 4. The van der Waals surface area contributed by atoms with E-state index in [1.807, 2.05) is 18.2 Å². The van der Waals surface area contributed by atoms with Crippen LogP contribution < -0.4 is 20.7 Å². The molecule has 0 aliphatic heterocycles. The zero-order chi connectivity index (χ0) is 15.7. The smallest absolute Gasteiger partial charge is 0.326 e. The summed E-state index contributed by atoms with van der Waals surface area (Å²) in [6, 6.07) is 10.8. The van der Waals surface area contributed by atoms with Crippen molar-refractivity contribution in [3.63, 3.8) is 0 Å². The molecule has 0 atom stereocenters. The first-order valence-electron chi connectivity index (χ1n) is 6.61. The lowest BCUT2D eigenvalue weighted by atomic mass is 10.0. The maximum absolute atomic E-state index is 11.9. The van der Waals surface area contributed by atoms with E-state index in [1.165, 1.54) is 0 Å². The second-order valence-corrected chi connectivity index (χ2v) is 4.74. The number of rotatable bonds is 3. The van der Waals surface area contributed by atoms with Gasteiger partial charge in [0.2, 0.25) is 0 Å². The van der Waals surface area contributed by atoms with Gasteiger partial charge >= 0.3 is 5.69 Å². The Balaban J connectivity index is 2.18. The lowest BCUT2D eigenvalue weighted by molar-refractivity contribution is 0.355. The Bertz CT molecular complexity index is 956. The molecule has 0 bridgehead atoms. The van der Waals surface area contributed by atoms with Crippen LogP contribution in [0.3, 0.4) is 0 Å². The minimum absolute atomic E-state index is 0.416. The van der Waals surface area contributed by atoms with Crippen LogP contribution in [0.15, 0.2) is 46.0 Å². The lowest BCUT2D eigenvalue weighted by Crippen LogP contribution is -2.21. The van der Waals surface area contributed by atoms with Crippen LogP contribution in [0.25, 0.3) is 22.0 Å². The minimum Gasteiger partial charge on any atom is -0.493 e. The third-order valence-corrected chi connectivity index (χ3v) is 3.46. The van der Waals surface area contributed by atoms with Crippen LogP contribution in [0.4, 0.5) is 0 Å². The van der Waals surface area contributed by atoms with Gasteiger partial charge in [-0.3, -0.25) is 9.78 Å². The molecule has 0 amide bonds.